The Bertz CT molecular complexity index is 1090. The molecule has 1 amide bonds. The normalized spacial score (nSPS) is 16.0. The highest BCUT2D eigenvalue weighted by Gasteiger charge is 2.29. The average Bonchev–Trinajstić information content (AvgIpc) is 3.34. The Morgan fingerprint density at radius 2 is 1.72 bits per heavy atom. The molecule has 0 aliphatic carbocycles. The van der Waals surface area contributed by atoms with Crippen molar-refractivity contribution in [2.75, 3.05) is 26.2 Å². The molecule has 1 fully saturated rings. The van der Waals surface area contributed by atoms with Gasteiger partial charge in [0.15, 0.2) is 0 Å². The Balaban J connectivity index is 1.45. The zero-order valence-electron chi connectivity index (χ0n) is 16.2. The van der Waals surface area contributed by atoms with E-state index in [1.807, 2.05) is 53.4 Å². The maximum absolute atomic E-state index is 12.9. The van der Waals surface area contributed by atoms with Crippen LogP contribution in [0.2, 0.25) is 0 Å². The van der Waals surface area contributed by atoms with Gasteiger partial charge in [0.1, 0.15) is 4.90 Å². The van der Waals surface area contributed by atoms with E-state index in [0.717, 1.165) is 5.69 Å². The zero-order chi connectivity index (χ0) is 20.4. The molecule has 1 saturated heterocycles. The van der Waals surface area contributed by atoms with Crippen LogP contribution in [0.4, 0.5) is 0 Å². The predicted molar refractivity (Wildman–Crippen MR) is 108 cm³/mol. The first-order valence-electron chi connectivity index (χ1n) is 9.47. The SMILES string of the molecule is Cn1cc(S(=O)(=O)N2CCCN(C(=O)c3ccc(-n4cccc4)cc3)CC2)cn1. The van der Waals surface area contributed by atoms with Crippen LogP contribution in [0.5, 0.6) is 0 Å². The van der Waals surface area contributed by atoms with Gasteiger partial charge in [-0.2, -0.15) is 9.40 Å². The minimum atomic E-state index is -3.60. The summed E-state index contributed by atoms with van der Waals surface area (Å²) in [4.78, 5) is 14.8. The van der Waals surface area contributed by atoms with Gasteiger partial charge in [0.25, 0.3) is 5.91 Å². The van der Waals surface area contributed by atoms with Crippen molar-refractivity contribution in [3.05, 3.63) is 66.7 Å². The maximum Gasteiger partial charge on any atom is 0.253 e. The Morgan fingerprint density at radius 3 is 2.38 bits per heavy atom. The second-order valence-electron chi connectivity index (χ2n) is 7.04. The van der Waals surface area contributed by atoms with Gasteiger partial charge < -0.3 is 9.47 Å². The first kappa shape index (κ1) is 19.4. The van der Waals surface area contributed by atoms with Gasteiger partial charge in [-0.3, -0.25) is 9.48 Å². The van der Waals surface area contributed by atoms with Crippen molar-refractivity contribution in [3.8, 4) is 5.69 Å². The number of carbonyl (C=O) groups excluding carboxylic acids is 1. The van der Waals surface area contributed by atoms with E-state index in [4.69, 9.17) is 0 Å². The fraction of sp³-hybridized carbons (Fsp3) is 0.300. The Morgan fingerprint density at radius 1 is 1.00 bits per heavy atom. The molecule has 0 saturated carbocycles. The van der Waals surface area contributed by atoms with Crippen LogP contribution >= 0.6 is 0 Å². The molecule has 0 radical (unpaired) electrons. The van der Waals surface area contributed by atoms with Crippen LogP contribution in [0, 0.1) is 0 Å². The van der Waals surface area contributed by atoms with Gasteiger partial charge in [-0.15, -0.1) is 0 Å². The third kappa shape index (κ3) is 3.96. The quantitative estimate of drug-likeness (QED) is 0.653. The summed E-state index contributed by atoms with van der Waals surface area (Å²) in [7, 11) is -1.92. The number of hydrogen-bond donors (Lipinski definition) is 0. The van der Waals surface area contributed by atoms with E-state index < -0.39 is 10.0 Å². The Hall–Kier alpha value is -2.91. The molecule has 0 spiro atoms. The minimum absolute atomic E-state index is 0.0790. The van der Waals surface area contributed by atoms with Gasteiger partial charge in [0.05, 0.1) is 6.20 Å². The van der Waals surface area contributed by atoms with Gasteiger partial charge in [0, 0.05) is 63.1 Å². The lowest BCUT2D eigenvalue weighted by Crippen LogP contribution is -2.37. The fourth-order valence-corrected chi connectivity index (χ4v) is 4.94. The number of sulfonamides is 1. The number of benzene rings is 1. The summed E-state index contributed by atoms with van der Waals surface area (Å²) in [6.45, 7) is 1.53. The van der Waals surface area contributed by atoms with Gasteiger partial charge in [-0.1, -0.05) is 0 Å². The molecule has 0 bridgehead atoms. The Labute approximate surface area is 170 Å². The summed E-state index contributed by atoms with van der Waals surface area (Å²) in [5.74, 6) is -0.0790. The van der Waals surface area contributed by atoms with E-state index in [2.05, 4.69) is 5.10 Å². The smallest absolute Gasteiger partial charge is 0.253 e. The van der Waals surface area contributed by atoms with Crippen LogP contribution < -0.4 is 0 Å². The van der Waals surface area contributed by atoms with E-state index in [1.54, 1.807) is 11.9 Å². The number of aryl methyl sites for hydroxylation is 1. The molecule has 0 atom stereocenters. The fourth-order valence-electron chi connectivity index (χ4n) is 3.48. The number of amides is 1. The predicted octanol–water partition coefficient (Wildman–Crippen LogP) is 1.75. The van der Waals surface area contributed by atoms with Crippen LogP contribution in [0.3, 0.4) is 0 Å². The third-order valence-corrected chi connectivity index (χ3v) is 6.93. The number of aromatic nitrogens is 3. The average molecular weight is 414 g/mol. The van der Waals surface area contributed by atoms with Crippen molar-refractivity contribution >= 4 is 15.9 Å². The molecular weight excluding hydrogens is 390 g/mol. The standard InChI is InChI=1S/C20H23N5O3S/c1-22-16-19(15-21-22)29(27,28)25-12-4-11-24(13-14-25)20(26)17-5-7-18(8-6-17)23-9-2-3-10-23/h2-3,5-10,15-16H,4,11-14H2,1H3. The number of hydrogen-bond acceptors (Lipinski definition) is 4. The molecule has 0 unspecified atom stereocenters. The lowest BCUT2D eigenvalue weighted by atomic mass is 10.1. The molecule has 2 aromatic heterocycles. The first-order chi connectivity index (χ1) is 13.9. The van der Waals surface area contributed by atoms with Crippen molar-refractivity contribution in [1.82, 2.24) is 23.6 Å². The summed E-state index contributed by atoms with van der Waals surface area (Å²) in [6.07, 6.45) is 7.34. The summed E-state index contributed by atoms with van der Waals surface area (Å²) in [5, 5.41) is 3.95. The lowest BCUT2D eigenvalue weighted by molar-refractivity contribution is 0.0764. The van der Waals surface area contributed by atoms with Gasteiger partial charge >= 0.3 is 0 Å². The molecule has 8 nitrogen and oxygen atoms in total. The number of carbonyl (C=O) groups is 1. The van der Waals surface area contributed by atoms with Crippen molar-refractivity contribution in [1.29, 1.82) is 0 Å². The molecular formula is C20H23N5O3S. The topological polar surface area (TPSA) is 80.4 Å². The molecule has 1 aromatic carbocycles. The molecule has 3 aromatic rings. The van der Waals surface area contributed by atoms with Crippen LogP contribution in [-0.4, -0.2) is 64.1 Å². The van der Waals surface area contributed by atoms with Crippen molar-refractivity contribution < 1.29 is 13.2 Å². The van der Waals surface area contributed by atoms with Crippen molar-refractivity contribution in [3.63, 3.8) is 0 Å². The molecule has 1 aliphatic rings. The highest BCUT2D eigenvalue weighted by atomic mass is 32.2. The van der Waals surface area contributed by atoms with Crippen LogP contribution in [-0.2, 0) is 17.1 Å². The van der Waals surface area contributed by atoms with E-state index >= 15 is 0 Å². The number of rotatable bonds is 4. The summed E-state index contributed by atoms with van der Waals surface area (Å²) in [6, 6.07) is 11.3. The monoisotopic (exact) mass is 413 g/mol. The van der Waals surface area contributed by atoms with Crippen molar-refractivity contribution in [2.24, 2.45) is 7.05 Å². The van der Waals surface area contributed by atoms with E-state index in [0.29, 0.717) is 31.6 Å². The molecule has 152 valence electrons. The van der Waals surface area contributed by atoms with Gasteiger partial charge in [-0.25, -0.2) is 8.42 Å². The largest absolute Gasteiger partial charge is 0.337 e. The van der Waals surface area contributed by atoms with E-state index in [9.17, 15) is 13.2 Å². The molecule has 9 heteroatoms. The van der Waals surface area contributed by atoms with Crippen LogP contribution in [0.1, 0.15) is 16.8 Å². The lowest BCUT2D eigenvalue weighted by Gasteiger charge is -2.21. The van der Waals surface area contributed by atoms with Gasteiger partial charge in [-0.05, 0) is 42.8 Å². The summed E-state index contributed by atoms with van der Waals surface area (Å²) >= 11 is 0. The Kier molecular flexibility index (Phi) is 5.25. The summed E-state index contributed by atoms with van der Waals surface area (Å²) < 4.78 is 30.5. The van der Waals surface area contributed by atoms with Crippen LogP contribution in [0.25, 0.3) is 5.69 Å². The number of nitrogens with zero attached hydrogens (tertiary/aromatic N) is 5. The second kappa shape index (κ2) is 7.84. The molecule has 29 heavy (non-hydrogen) atoms. The second-order valence-corrected chi connectivity index (χ2v) is 8.97. The highest BCUT2D eigenvalue weighted by molar-refractivity contribution is 7.89. The van der Waals surface area contributed by atoms with Crippen LogP contribution in [0.15, 0.2) is 66.1 Å². The summed E-state index contributed by atoms with van der Waals surface area (Å²) in [5.41, 5.74) is 1.58. The van der Waals surface area contributed by atoms with E-state index in [1.165, 1.54) is 21.4 Å². The molecule has 4 rings (SSSR count). The maximum atomic E-state index is 12.9. The zero-order valence-corrected chi connectivity index (χ0v) is 17.0. The van der Waals surface area contributed by atoms with Gasteiger partial charge in [0.2, 0.25) is 10.0 Å². The first-order valence-corrected chi connectivity index (χ1v) is 10.9. The highest BCUT2D eigenvalue weighted by Crippen LogP contribution is 2.18. The molecule has 3 heterocycles. The van der Waals surface area contributed by atoms with Crippen molar-refractivity contribution in [2.45, 2.75) is 11.3 Å². The molecule has 1 aliphatic heterocycles. The molecule has 0 N–H and O–H groups in total. The van der Waals surface area contributed by atoms with E-state index in [-0.39, 0.29) is 17.3 Å². The minimum Gasteiger partial charge on any atom is -0.337 e. The third-order valence-electron chi connectivity index (χ3n) is 5.08.